The molecule has 0 unspecified atom stereocenters. The van der Waals surface area contributed by atoms with Crippen LogP contribution >= 0.6 is 0 Å². The second-order valence-corrected chi connectivity index (χ2v) is 7.37. The normalized spacial score (nSPS) is 16.6. The van der Waals surface area contributed by atoms with Crippen LogP contribution in [-0.4, -0.2) is 26.0 Å². The second kappa shape index (κ2) is 5.65. The number of hydrogen-bond donors (Lipinski definition) is 3. The Hall–Kier alpha value is -1.60. The van der Waals surface area contributed by atoms with E-state index in [-0.39, 0.29) is 21.6 Å². The highest BCUT2D eigenvalue weighted by Gasteiger charge is 2.42. The van der Waals surface area contributed by atoms with Gasteiger partial charge in [-0.2, -0.15) is 0 Å². The molecule has 0 aromatic heterocycles. The van der Waals surface area contributed by atoms with Crippen LogP contribution in [-0.2, 0) is 10.0 Å². The Labute approximate surface area is 124 Å². The van der Waals surface area contributed by atoms with Gasteiger partial charge in [0.15, 0.2) is 0 Å². The van der Waals surface area contributed by atoms with Crippen molar-refractivity contribution in [2.24, 2.45) is 5.41 Å². The minimum Gasteiger partial charge on any atom is -0.478 e. The lowest BCUT2D eigenvalue weighted by atomic mass is 10.0. The third-order valence-corrected chi connectivity index (χ3v) is 5.34. The molecule has 0 radical (unpaired) electrons. The van der Waals surface area contributed by atoms with Crippen LogP contribution in [0, 0.1) is 5.41 Å². The summed E-state index contributed by atoms with van der Waals surface area (Å²) in [6.07, 6.45) is 3.98. The first kappa shape index (κ1) is 15.8. The smallest absolute Gasteiger partial charge is 0.337 e. The zero-order valence-electron chi connectivity index (χ0n) is 11.9. The topological polar surface area (TPSA) is 109 Å². The van der Waals surface area contributed by atoms with Gasteiger partial charge in [0.05, 0.1) is 10.5 Å². The minimum absolute atomic E-state index is 0.0472. The number of benzene rings is 1. The van der Waals surface area contributed by atoms with Crippen LogP contribution in [0.3, 0.4) is 0 Å². The predicted molar refractivity (Wildman–Crippen MR) is 79.6 cm³/mol. The lowest BCUT2D eigenvalue weighted by molar-refractivity contribution is 0.0692. The Morgan fingerprint density at radius 1 is 1.43 bits per heavy atom. The lowest BCUT2D eigenvalue weighted by Gasteiger charge is -2.16. The fraction of sp³-hybridized carbons (Fsp3) is 0.500. The molecule has 0 amide bonds. The van der Waals surface area contributed by atoms with Crippen molar-refractivity contribution in [1.82, 2.24) is 4.72 Å². The molecule has 0 atom stereocenters. The Morgan fingerprint density at radius 2 is 2.10 bits per heavy atom. The Kier molecular flexibility index (Phi) is 4.25. The maximum Gasteiger partial charge on any atom is 0.337 e. The molecule has 4 N–H and O–H groups in total. The highest BCUT2D eigenvalue weighted by molar-refractivity contribution is 7.89. The fourth-order valence-corrected chi connectivity index (χ4v) is 3.87. The number of carboxylic acids is 1. The molecule has 1 fully saturated rings. The van der Waals surface area contributed by atoms with E-state index in [0.717, 1.165) is 25.7 Å². The predicted octanol–water partition coefficient (Wildman–Crippen LogP) is 1.83. The van der Waals surface area contributed by atoms with Crippen LogP contribution in [0.5, 0.6) is 0 Å². The Bertz CT molecular complexity index is 651. The quantitative estimate of drug-likeness (QED) is 0.665. The van der Waals surface area contributed by atoms with E-state index in [9.17, 15) is 13.2 Å². The molecule has 21 heavy (non-hydrogen) atoms. The number of sulfonamides is 1. The third-order valence-electron chi connectivity index (χ3n) is 3.90. The average molecular weight is 312 g/mol. The van der Waals surface area contributed by atoms with E-state index in [1.807, 2.05) is 0 Å². The van der Waals surface area contributed by atoms with Gasteiger partial charge < -0.3 is 10.8 Å². The van der Waals surface area contributed by atoms with Gasteiger partial charge in [0.1, 0.15) is 0 Å². The van der Waals surface area contributed by atoms with Gasteiger partial charge in [-0.05, 0) is 42.9 Å². The average Bonchev–Trinajstić information content (AvgIpc) is 3.17. The van der Waals surface area contributed by atoms with Crippen molar-refractivity contribution in [2.45, 2.75) is 37.5 Å². The molecular weight excluding hydrogens is 292 g/mol. The van der Waals surface area contributed by atoms with Gasteiger partial charge in [-0.1, -0.05) is 13.3 Å². The van der Waals surface area contributed by atoms with Crippen LogP contribution in [0.1, 0.15) is 43.0 Å². The number of rotatable bonds is 7. The molecule has 1 aliphatic carbocycles. The van der Waals surface area contributed by atoms with E-state index in [1.165, 1.54) is 18.2 Å². The fourth-order valence-electron chi connectivity index (χ4n) is 2.49. The van der Waals surface area contributed by atoms with Crippen molar-refractivity contribution in [2.75, 3.05) is 12.3 Å². The molecule has 0 bridgehead atoms. The summed E-state index contributed by atoms with van der Waals surface area (Å²) in [4.78, 5) is 10.9. The molecule has 116 valence electrons. The van der Waals surface area contributed by atoms with E-state index < -0.39 is 16.0 Å². The highest BCUT2D eigenvalue weighted by atomic mass is 32.2. The number of carbonyl (C=O) groups is 1. The highest BCUT2D eigenvalue weighted by Crippen LogP contribution is 2.49. The largest absolute Gasteiger partial charge is 0.478 e. The van der Waals surface area contributed by atoms with Gasteiger partial charge >= 0.3 is 5.97 Å². The molecule has 1 saturated carbocycles. The van der Waals surface area contributed by atoms with E-state index >= 15 is 0 Å². The molecule has 1 aliphatic rings. The van der Waals surface area contributed by atoms with E-state index in [4.69, 9.17) is 10.8 Å². The van der Waals surface area contributed by atoms with E-state index in [1.54, 1.807) is 0 Å². The summed E-state index contributed by atoms with van der Waals surface area (Å²) in [5, 5.41) is 9.11. The summed E-state index contributed by atoms with van der Waals surface area (Å²) in [5.74, 6) is -1.29. The SMILES string of the molecule is CCCC1(CNS(=O)(=O)c2cc(N)ccc2C(=O)O)CC1. The molecule has 0 aliphatic heterocycles. The monoisotopic (exact) mass is 312 g/mol. The first-order valence-electron chi connectivity index (χ1n) is 6.92. The molecule has 1 aromatic rings. The van der Waals surface area contributed by atoms with Gasteiger partial charge in [0.2, 0.25) is 10.0 Å². The van der Waals surface area contributed by atoms with E-state index in [2.05, 4.69) is 11.6 Å². The van der Waals surface area contributed by atoms with E-state index in [0.29, 0.717) is 6.54 Å². The molecule has 1 aromatic carbocycles. The summed E-state index contributed by atoms with van der Waals surface area (Å²) >= 11 is 0. The van der Waals surface area contributed by atoms with Crippen molar-refractivity contribution in [3.63, 3.8) is 0 Å². The summed E-state index contributed by atoms with van der Waals surface area (Å²) in [6, 6.07) is 3.78. The second-order valence-electron chi connectivity index (χ2n) is 5.64. The maximum absolute atomic E-state index is 12.4. The summed E-state index contributed by atoms with van der Waals surface area (Å²) in [5.41, 5.74) is 5.58. The first-order valence-corrected chi connectivity index (χ1v) is 8.40. The molecule has 0 heterocycles. The number of carboxylic acid groups (broad SMARTS) is 1. The van der Waals surface area contributed by atoms with Crippen molar-refractivity contribution in [3.8, 4) is 0 Å². The third kappa shape index (κ3) is 3.54. The summed E-state index contributed by atoms with van der Waals surface area (Å²) in [7, 11) is -3.88. The van der Waals surface area contributed by atoms with Crippen LogP contribution in [0.15, 0.2) is 23.1 Å². The molecule has 2 rings (SSSR count). The van der Waals surface area contributed by atoms with Gasteiger partial charge in [0, 0.05) is 12.2 Å². The minimum atomic E-state index is -3.88. The molecule has 0 saturated heterocycles. The zero-order valence-corrected chi connectivity index (χ0v) is 12.7. The maximum atomic E-state index is 12.4. The van der Waals surface area contributed by atoms with Crippen LogP contribution in [0.25, 0.3) is 0 Å². The number of aromatic carboxylic acids is 1. The van der Waals surface area contributed by atoms with Crippen molar-refractivity contribution in [1.29, 1.82) is 0 Å². The number of nitrogen functional groups attached to an aromatic ring is 1. The van der Waals surface area contributed by atoms with Crippen molar-refractivity contribution in [3.05, 3.63) is 23.8 Å². The molecule has 6 nitrogen and oxygen atoms in total. The lowest BCUT2D eigenvalue weighted by Crippen LogP contribution is -2.31. The summed E-state index contributed by atoms with van der Waals surface area (Å²) in [6.45, 7) is 2.41. The van der Waals surface area contributed by atoms with Crippen LogP contribution in [0.2, 0.25) is 0 Å². The molecular formula is C14H20N2O4S. The molecule has 0 spiro atoms. The Morgan fingerprint density at radius 3 is 2.62 bits per heavy atom. The van der Waals surface area contributed by atoms with Crippen LogP contribution < -0.4 is 10.5 Å². The zero-order chi connectivity index (χ0) is 15.7. The number of nitrogens with one attached hydrogen (secondary N) is 1. The first-order chi connectivity index (χ1) is 9.80. The van der Waals surface area contributed by atoms with Crippen LogP contribution in [0.4, 0.5) is 5.69 Å². The summed E-state index contributed by atoms with van der Waals surface area (Å²) < 4.78 is 27.3. The van der Waals surface area contributed by atoms with Gasteiger partial charge in [-0.25, -0.2) is 17.9 Å². The van der Waals surface area contributed by atoms with Gasteiger partial charge in [-0.15, -0.1) is 0 Å². The molecule has 7 heteroatoms. The Balaban J connectivity index is 2.23. The number of nitrogens with two attached hydrogens (primary N) is 1. The van der Waals surface area contributed by atoms with Crippen molar-refractivity contribution >= 4 is 21.7 Å². The van der Waals surface area contributed by atoms with Gasteiger partial charge in [0.25, 0.3) is 0 Å². The van der Waals surface area contributed by atoms with Crippen molar-refractivity contribution < 1.29 is 18.3 Å². The number of hydrogen-bond acceptors (Lipinski definition) is 4. The standard InChI is InChI=1S/C14H20N2O4S/c1-2-5-14(6-7-14)9-16-21(19,20)12-8-10(15)3-4-11(12)13(17)18/h3-4,8,16H,2,5-7,9,15H2,1H3,(H,17,18). The number of anilines is 1. The van der Waals surface area contributed by atoms with Gasteiger partial charge in [-0.3, -0.25) is 0 Å².